The molecule has 0 spiro atoms. The first-order chi connectivity index (χ1) is 12.2. The van der Waals surface area contributed by atoms with E-state index in [0.29, 0.717) is 12.5 Å². The molecule has 1 aromatic carbocycles. The predicted molar refractivity (Wildman–Crippen MR) is 97.4 cm³/mol. The Kier molecular flexibility index (Phi) is 4.72. The maximum atomic E-state index is 12.9. The molecule has 1 amide bonds. The molecule has 3 aliphatic rings. The van der Waals surface area contributed by atoms with Gasteiger partial charge in [-0.15, -0.1) is 11.3 Å². The van der Waals surface area contributed by atoms with Crippen LogP contribution in [-0.4, -0.2) is 46.9 Å². The monoisotopic (exact) mass is 357 g/mol. The number of piperidine rings is 1. The molecule has 1 aromatic heterocycles. The molecule has 3 saturated heterocycles. The van der Waals surface area contributed by atoms with Crippen LogP contribution in [-0.2, 0) is 17.9 Å². The quantitative estimate of drug-likeness (QED) is 0.825. The molecule has 0 N–H and O–H groups in total. The van der Waals surface area contributed by atoms with Gasteiger partial charge in [0.25, 0.3) is 0 Å². The number of rotatable bonds is 5. The van der Waals surface area contributed by atoms with Gasteiger partial charge in [0.15, 0.2) is 0 Å². The largest absolute Gasteiger partial charge is 0.496 e. The molecule has 4 heterocycles. The summed E-state index contributed by atoms with van der Waals surface area (Å²) in [5.74, 6) is 1.32. The molecule has 2 aromatic rings. The number of para-hydroxylation sites is 1. The second kappa shape index (κ2) is 7.14. The topological polar surface area (TPSA) is 45.7 Å². The third-order valence-corrected chi connectivity index (χ3v) is 5.91. The van der Waals surface area contributed by atoms with E-state index >= 15 is 0 Å². The number of amides is 1. The summed E-state index contributed by atoms with van der Waals surface area (Å²) in [4.78, 5) is 21.7. The van der Waals surface area contributed by atoms with Gasteiger partial charge in [-0.1, -0.05) is 18.2 Å². The zero-order valence-electron chi connectivity index (χ0n) is 14.4. The fourth-order valence-corrected chi connectivity index (χ4v) is 4.58. The number of nitrogens with zero attached hydrogens (tertiary/aromatic N) is 3. The van der Waals surface area contributed by atoms with Gasteiger partial charge in [-0.2, -0.15) is 0 Å². The molecule has 6 heteroatoms. The Labute approximate surface area is 152 Å². The van der Waals surface area contributed by atoms with Crippen molar-refractivity contribution in [2.45, 2.75) is 32.0 Å². The van der Waals surface area contributed by atoms with Crippen LogP contribution in [0.2, 0.25) is 0 Å². The second-order valence-electron chi connectivity index (χ2n) is 6.88. The van der Waals surface area contributed by atoms with E-state index in [0.717, 1.165) is 43.9 Å². The van der Waals surface area contributed by atoms with Crippen LogP contribution in [0.3, 0.4) is 0 Å². The van der Waals surface area contributed by atoms with Crippen LogP contribution in [0.1, 0.15) is 24.1 Å². The average Bonchev–Trinajstić information content (AvgIpc) is 3.01. The third kappa shape index (κ3) is 3.41. The first kappa shape index (κ1) is 16.5. The first-order valence-corrected chi connectivity index (χ1v) is 9.70. The van der Waals surface area contributed by atoms with E-state index in [1.807, 2.05) is 29.1 Å². The Balaban J connectivity index is 1.51. The number of hydrogen-bond donors (Lipinski definition) is 0. The summed E-state index contributed by atoms with van der Waals surface area (Å²) in [6, 6.07) is 8.43. The van der Waals surface area contributed by atoms with Crippen molar-refractivity contribution in [3.63, 3.8) is 0 Å². The number of carbonyl (C=O) groups is 1. The van der Waals surface area contributed by atoms with Crippen molar-refractivity contribution in [1.82, 2.24) is 14.8 Å². The second-order valence-corrected chi connectivity index (χ2v) is 7.60. The third-order valence-electron chi connectivity index (χ3n) is 5.27. The van der Waals surface area contributed by atoms with Gasteiger partial charge < -0.3 is 9.64 Å². The van der Waals surface area contributed by atoms with Gasteiger partial charge in [0.2, 0.25) is 5.91 Å². The first-order valence-electron chi connectivity index (χ1n) is 8.76. The molecule has 2 bridgehead atoms. The molecule has 25 heavy (non-hydrogen) atoms. The highest BCUT2D eigenvalue weighted by atomic mass is 32.1. The number of aromatic nitrogens is 1. The average molecular weight is 357 g/mol. The van der Waals surface area contributed by atoms with E-state index in [4.69, 9.17) is 4.74 Å². The van der Waals surface area contributed by atoms with Crippen LogP contribution in [0.5, 0.6) is 5.75 Å². The van der Waals surface area contributed by atoms with Gasteiger partial charge in [0.05, 0.1) is 30.8 Å². The molecule has 2 atom stereocenters. The van der Waals surface area contributed by atoms with Crippen molar-refractivity contribution in [1.29, 1.82) is 0 Å². The minimum Gasteiger partial charge on any atom is -0.496 e. The molecule has 3 fully saturated rings. The summed E-state index contributed by atoms with van der Waals surface area (Å²) in [5.41, 5.74) is 4.02. The van der Waals surface area contributed by atoms with Crippen molar-refractivity contribution < 1.29 is 9.53 Å². The minimum atomic E-state index is 0.104. The highest BCUT2D eigenvalue weighted by Crippen LogP contribution is 2.32. The molecule has 0 aliphatic carbocycles. The maximum absolute atomic E-state index is 12.9. The summed E-state index contributed by atoms with van der Waals surface area (Å²) in [6.07, 6.45) is 2.09. The Hall–Kier alpha value is -1.92. The number of hydrogen-bond acceptors (Lipinski definition) is 5. The summed E-state index contributed by atoms with van der Waals surface area (Å²) in [7, 11) is 1.71. The van der Waals surface area contributed by atoms with Crippen LogP contribution < -0.4 is 4.74 Å². The Bertz CT molecular complexity index is 734. The number of benzene rings is 1. The zero-order chi connectivity index (χ0) is 17.2. The summed E-state index contributed by atoms with van der Waals surface area (Å²) < 4.78 is 5.49. The van der Waals surface area contributed by atoms with Gasteiger partial charge in [0, 0.05) is 36.6 Å². The van der Waals surface area contributed by atoms with E-state index in [1.165, 1.54) is 5.56 Å². The van der Waals surface area contributed by atoms with E-state index in [1.54, 1.807) is 18.4 Å². The Morgan fingerprint density at radius 3 is 2.92 bits per heavy atom. The van der Waals surface area contributed by atoms with Crippen LogP contribution in [0.25, 0.3) is 0 Å². The predicted octanol–water partition coefficient (Wildman–Crippen LogP) is 2.77. The van der Waals surface area contributed by atoms with Gasteiger partial charge >= 0.3 is 0 Å². The smallest absolute Gasteiger partial charge is 0.227 e. The zero-order valence-corrected chi connectivity index (χ0v) is 15.2. The van der Waals surface area contributed by atoms with Crippen molar-refractivity contribution in [2.75, 3.05) is 20.2 Å². The van der Waals surface area contributed by atoms with Crippen LogP contribution in [0.15, 0.2) is 35.2 Å². The molecule has 132 valence electrons. The molecule has 0 unspecified atom stereocenters. The standard InChI is InChI=1S/C19H23N3O2S/c1-24-18-5-3-2-4-14(18)8-21-9-15-6-7-17(11-21)22(19(15)23)10-16-12-25-13-20-16/h2-5,12-13,15,17H,6-11H2,1H3/t15-,17+/m0/s1. The number of thiazole rings is 1. The molecule has 5 rings (SSSR count). The van der Waals surface area contributed by atoms with Crippen LogP contribution in [0.4, 0.5) is 0 Å². The summed E-state index contributed by atoms with van der Waals surface area (Å²) in [6.45, 7) is 3.23. The lowest BCUT2D eigenvalue weighted by Crippen LogP contribution is -2.47. The lowest BCUT2D eigenvalue weighted by atomic mass is 9.94. The Morgan fingerprint density at radius 1 is 1.24 bits per heavy atom. The highest BCUT2D eigenvalue weighted by Gasteiger charge is 2.40. The van der Waals surface area contributed by atoms with Gasteiger partial charge in [-0.25, -0.2) is 4.98 Å². The summed E-state index contributed by atoms with van der Waals surface area (Å²) in [5, 5.41) is 2.04. The number of fused-ring (bicyclic) bond motifs is 4. The van der Waals surface area contributed by atoms with Crippen molar-refractivity contribution in [2.24, 2.45) is 5.92 Å². The molecular formula is C19H23N3O2S. The van der Waals surface area contributed by atoms with Gasteiger partial charge in [-0.05, 0) is 18.9 Å². The SMILES string of the molecule is COc1ccccc1CN1C[C@@H]2CC[C@H](C1)N(Cc1cscn1)C2=O. The van der Waals surface area contributed by atoms with Gasteiger partial charge in [0.1, 0.15) is 5.75 Å². The van der Waals surface area contributed by atoms with Crippen molar-refractivity contribution in [3.8, 4) is 5.75 Å². The number of carbonyl (C=O) groups excluding carboxylic acids is 1. The highest BCUT2D eigenvalue weighted by molar-refractivity contribution is 7.07. The van der Waals surface area contributed by atoms with E-state index in [9.17, 15) is 4.79 Å². The van der Waals surface area contributed by atoms with Crippen molar-refractivity contribution >= 4 is 17.2 Å². The van der Waals surface area contributed by atoms with Crippen LogP contribution >= 0.6 is 11.3 Å². The maximum Gasteiger partial charge on any atom is 0.227 e. The molecule has 5 nitrogen and oxygen atoms in total. The normalized spacial score (nSPS) is 23.7. The molecule has 0 radical (unpaired) electrons. The molecule has 3 aliphatic heterocycles. The van der Waals surface area contributed by atoms with Crippen molar-refractivity contribution in [3.05, 3.63) is 46.4 Å². The minimum absolute atomic E-state index is 0.104. The number of methoxy groups -OCH3 is 1. The fourth-order valence-electron chi connectivity index (χ4n) is 4.03. The fraction of sp³-hybridized carbons (Fsp3) is 0.474. The molecular weight excluding hydrogens is 334 g/mol. The van der Waals surface area contributed by atoms with E-state index in [-0.39, 0.29) is 12.0 Å². The molecule has 0 saturated carbocycles. The van der Waals surface area contributed by atoms with Gasteiger partial charge in [-0.3, -0.25) is 9.69 Å². The Morgan fingerprint density at radius 2 is 2.12 bits per heavy atom. The van der Waals surface area contributed by atoms with E-state index in [2.05, 4.69) is 20.9 Å². The summed E-state index contributed by atoms with van der Waals surface area (Å²) >= 11 is 1.59. The lowest BCUT2D eigenvalue weighted by Gasteiger charge is -2.35. The van der Waals surface area contributed by atoms with E-state index < -0.39 is 0 Å². The van der Waals surface area contributed by atoms with Crippen LogP contribution in [0, 0.1) is 5.92 Å². The number of ether oxygens (including phenoxy) is 1. The lowest BCUT2D eigenvalue weighted by molar-refractivity contribution is -0.140.